The Balaban J connectivity index is 1.91. The molecule has 0 heterocycles. The van der Waals surface area contributed by atoms with Crippen LogP contribution in [-0.2, 0) is 4.79 Å². The maximum atomic E-state index is 13.4. The lowest BCUT2D eigenvalue weighted by Gasteiger charge is -2.10. The number of rotatable bonds is 5. The van der Waals surface area contributed by atoms with Crippen molar-refractivity contribution in [1.82, 2.24) is 0 Å². The monoisotopic (exact) mass is 362 g/mol. The van der Waals surface area contributed by atoms with Gasteiger partial charge in [0.25, 0.3) is 0 Å². The minimum atomic E-state index is -1.63. The molecule has 0 unspecified atom stereocenters. The summed E-state index contributed by atoms with van der Waals surface area (Å²) < 4.78 is 39.3. The van der Waals surface area contributed by atoms with Gasteiger partial charge < -0.3 is 10.6 Å². The van der Waals surface area contributed by atoms with Crippen molar-refractivity contribution in [2.24, 2.45) is 0 Å². The van der Waals surface area contributed by atoms with E-state index < -0.39 is 29.0 Å². The predicted octanol–water partition coefficient (Wildman–Crippen LogP) is 4.85. The Kier molecular flexibility index (Phi) is 5.74. The molecule has 1 amide bonds. The van der Waals surface area contributed by atoms with E-state index in [1.807, 2.05) is 0 Å². The van der Waals surface area contributed by atoms with E-state index in [4.69, 9.17) is 23.2 Å². The Bertz CT molecular complexity index is 741. The van der Waals surface area contributed by atoms with E-state index in [1.54, 1.807) is 18.2 Å². The molecular formula is C15H11Cl2F3N2O. The standard InChI is InChI=1S/C15H11Cl2F3N2O/c16-8-1-2-9(17)12(7-8)21-6-5-13(23)22-11-4-3-10(18)14(19)15(11)20/h1-4,7,21H,5-6H2,(H,22,23). The molecule has 122 valence electrons. The van der Waals surface area contributed by atoms with E-state index in [0.717, 1.165) is 12.1 Å². The molecule has 0 spiro atoms. The second-order valence-electron chi connectivity index (χ2n) is 4.57. The molecule has 8 heteroatoms. The van der Waals surface area contributed by atoms with E-state index >= 15 is 0 Å². The van der Waals surface area contributed by atoms with E-state index in [0.29, 0.717) is 15.7 Å². The molecule has 3 nitrogen and oxygen atoms in total. The van der Waals surface area contributed by atoms with E-state index in [2.05, 4.69) is 10.6 Å². The third kappa shape index (κ3) is 4.53. The van der Waals surface area contributed by atoms with Crippen LogP contribution in [0, 0.1) is 17.5 Å². The van der Waals surface area contributed by atoms with Crippen molar-refractivity contribution in [3.8, 4) is 0 Å². The van der Waals surface area contributed by atoms with Crippen molar-refractivity contribution in [2.75, 3.05) is 17.2 Å². The first-order valence-electron chi connectivity index (χ1n) is 6.50. The van der Waals surface area contributed by atoms with Gasteiger partial charge in [-0.05, 0) is 30.3 Å². The van der Waals surface area contributed by atoms with Gasteiger partial charge in [-0.2, -0.15) is 0 Å². The molecule has 0 atom stereocenters. The van der Waals surface area contributed by atoms with Gasteiger partial charge in [-0.25, -0.2) is 13.2 Å². The van der Waals surface area contributed by atoms with Crippen LogP contribution in [0.15, 0.2) is 30.3 Å². The zero-order chi connectivity index (χ0) is 17.0. The van der Waals surface area contributed by atoms with Crippen LogP contribution >= 0.6 is 23.2 Å². The van der Waals surface area contributed by atoms with Crippen LogP contribution in [0.2, 0.25) is 10.0 Å². The summed E-state index contributed by atoms with van der Waals surface area (Å²) in [4.78, 5) is 11.7. The van der Waals surface area contributed by atoms with Crippen LogP contribution in [-0.4, -0.2) is 12.5 Å². The van der Waals surface area contributed by atoms with Gasteiger partial charge in [0, 0.05) is 18.0 Å². The summed E-state index contributed by atoms with van der Waals surface area (Å²) in [7, 11) is 0. The summed E-state index contributed by atoms with van der Waals surface area (Å²) in [6.45, 7) is 0.192. The number of anilines is 2. The lowest BCUT2D eigenvalue weighted by atomic mass is 10.2. The highest BCUT2D eigenvalue weighted by atomic mass is 35.5. The van der Waals surface area contributed by atoms with Gasteiger partial charge in [0.2, 0.25) is 5.91 Å². The average molecular weight is 363 g/mol. The van der Waals surface area contributed by atoms with Gasteiger partial charge in [-0.15, -0.1) is 0 Å². The van der Waals surface area contributed by atoms with Gasteiger partial charge in [0.1, 0.15) is 0 Å². The zero-order valence-corrected chi connectivity index (χ0v) is 13.1. The molecule has 2 aromatic carbocycles. The molecule has 0 aliphatic carbocycles. The molecule has 0 aromatic heterocycles. The van der Waals surface area contributed by atoms with Crippen LogP contribution in [0.4, 0.5) is 24.5 Å². The van der Waals surface area contributed by atoms with Crippen LogP contribution in [0.25, 0.3) is 0 Å². The van der Waals surface area contributed by atoms with Gasteiger partial charge in [-0.1, -0.05) is 23.2 Å². The Morgan fingerprint density at radius 2 is 1.74 bits per heavy atom. The smallest absolute Gasteiger partial charge is 0.226 e. The maximum absolute atomic E-state index is 13.4. The summed E-state index contributed by atoms with van der Waals surface area (Å²) in [6.07, 6.45) is -0.0404. The number of hydrogen-bond acceptors (Lipinski definition) is 2. The molecule has 0 saturated heterocycles. The molecule has 0 aliphatic rings. The maximum Gasteiger partial charge on any atom is 0.226 e. The molecule has 0 aliphatic heterocycles. The van der Waals surface area contributed by atoms with Crippen LogP contribution in [0.3, 0.4) is 0 Å². The summed E-state index contributed by atoms with van der Waals surface area (Å²) in [5.41, 5.74) is 0.126. The first-order chi connectivity index (χ1) is 10.9. The lowest BCUT2D eigenvalue weighted by Crippen LogP contribution is -2.17. The Morgan fingerprint density at radius 3 is 2.48 bits per heavy atom. The quantitative estimate of drug-likeness (QED) is 0.746. The zero-order valence-electron chi connectivity index (χ0n) is 11.6. The van der Waals surface area contributed by atoms with Crippen molar-refractivity contribution < 1.29 is 18.0 Å². The Morgan fingerprint density at radius 1 is 1.00 bits per heavy atom. The molecule has 2 N–H and O–H groups in total. The fourth-order valence-corrected chi connectivity index (χ4v) is 2.14. The van der Waals surface area contributed by atoms with Crippen molar-refractivity contribution in [2.45, 2.75) is 6.42 Å². The van der Waals surface area contributed by atoms with Crippen molar-refractivity contribution in [3.05, 3.63) is 57.8 Å². The first-order valence-corrected chi connectivity index (χ1v) is 7.26. The third-order valence-electron chi connectivity index (χ3n) is 2.91. The van der Waals surface area contributed by atoms with Gasteiger partial charge in [-0.3, -0.25) is 4.79 Å². The second kappa shape index (κ2) is 7.57. The minimum Gasteiger partial charge on any atom is -0.383 e. The summed E-state index contributed by atoms with van der Waals surface area (Å²) >= 11 is 11.8. The predicted molar refractivity (Wildman–Crippen MR) is 84.5 cm³/mol. The van der Waals surface area contributed by atoms with Crippen molar-refractivity contribution >= 4 is 40.5 Å². The number of benzene rings is 2. The lowest BCUT2D eigenvalue weighted by molar-refractivity contribution is -0.116. The average Bonchev–Trinajstić information content (AvgIpc) is 2.51. The van der Waals surface area contributed by atoms with E-state index in [-0.39, 0.29) is 13.0 Å². The molecule has 0 fully saturated rings. The summed E-state index contributed by atoms with van der Waals surface area (Å²) in [5, 5.41) is 5.98. The van der Waals surface area contributed by atoms with Crippen LogP contribution < -0.4 is 10.6 Å². The number of carbonyl (C=O) groups excluding carboxylic acids is 1. The van der Waals surface area contributed by atoms with Crippen LogP contribution in [0.1, 0.15) is 6.42 Å². The van der Waals surface area contributed by atoms with E-state index in [1.165, 1.54) is 0 Å². The number of hydrogen-bond donors (Lipinski definition) is 2. The number of nitrogens with one attached hydrogen (secondary N) is 2. The number of carbonyl (C=O) groups is 1. The number of halogens is 5. The summed E-state index contributed by atoms with van der Waals surface area (Å²) in [6, 6.07) is 6.50. The van der Waals surface area contributed by atoms with Crippen molar-refractivity contribution in [3.63, 3.8) is 0 Å². The molecule has 23 heavy (non-hydrogen) atoms. The van der Waals surface area contributed by atoms with E-state index in [9.17, 15) is 18.0 Å². The minimum absolute atomic E-state index is 0.0404. The normalized spacial score (nSPS) is 10.5. The molecule has 2 rings (SSSR count). The van der Waals surface area contributed by atoms with Crippen LogP contribution in [0.5, 0.6) is 0 Å². The van der Waals surface area contributed by atoms with Crippen molar-refractivity contribution in [1.29, 1.82) is 0 Å². The van der Waals surface area contributed by atoms with Gasteiger partial charge in [0.05, 0.1) is 16.4 Å². The topological polar surface area (TPSA) is 41.1 Å². The third-order valence-corrected chi connectivity index (χ3v) is 3.47. The SMILES string of the molecule is O=C(CCNc1cc(Cl)ccc1Cl)Nc1ccc(F)c(F)c1F. The highest BCUT2D eigenvalue weighted by molar-refractivity contribution is 6.35. The fourth-order valence-electron chi connectivity index (χ4n) is 1.78. The molecule has 0 radical (unpaired) electrons. The highest BCUT2D eigenvalue weighted by Gasteiger charge is 2.15. The molecular weight excluding hydrogens is 352 g/mol. The van der Waals surface area contributed by atoms with Gasteiger partial charge in [0.15, 0.2) is 17.5 Å². The molecule has 0 bridgehead atoms. The largest absolute Gasteiger partial charge is 0.383 e. The summed E-state index contributed by atoms with van der Waals surface area (Å²) in [5.74, 6) is -4.96. The molecule has 2 aromatic rings. The highest BCUT2D eigenvalue weighted by Crippen LogP contribution is 2.25. The fraction of sp³-hybridized carbons (Fsp3) is 0.133. The second-order valence-corrected chi connectivity index (χ2v) is 5.42. The first kappa shape index (κ1) is 17.4. The van der Waals surface area contributed by atoms with Gasteiger partial charge >= 0.3 is 0 Å². The molecule has 0 saturated carbocycles. The Hall–Kier alpha value is -1.92. The Labute approximate surface area is 140 Å². The number of amides is 1.